The number of rotatable bonds is 1. The van der Waals surface area contributed by atoms with Crippen LogP contribution in [-0.4, -0.2) is 40.1 Å². The van der Waals surface area contributed by atoms with Crippen LogP contribution in [0.2, 0.25) is 5.02 Å². The highest BCUT2D eigenvalue weighted by Crippen LogP contribution is 2.29. The third kappa shape index (κ3) is 2.07. The van der Waals surface area contributed by atoms with Crippen molar-refractivity contribution >= 4 is 28.5 Å². The van der Waals surface area contributed by atoms with Crippen molar-refractivity contribution in [1.29, 1.82) is 0 Å². The monoisotopic (exact) mass is 280 g/mol. The molecule has 6 heteroatoms. The predicted octanol–water partition coefficient (Wildman–Crippen LogP) is 2.24. The number of pyridine rings is 1. The van der Waals surface area contributed by atoms with Gasteiger partial charge >= 0.3 is 0 Å². The van der Waals surface area contributed by atoms with Gasteiger partial charge in [0.25, 0.3) is 0 Å². The van der Waals surface area contributed by atoms with Crippen molar-refractivity contribution in [2.45, 2.75) is 26.0 Å². The number of ether oxygens (including phenoxy) is 1. The van der Waals surface area contributed by atoms with Crippen molar-refractivity contribution in [3.8, 4) is 0 Å². The van der Waals surface area contributed by atoms with E-state index in [1.165, 1.54) is 0 Å². The van der Waals surface area contributed by atoms with E-state index in [2.05, 4.69) is 23.8 Å². The van der Waals surface area contributed by atoms with Crippen LogP contribution < -0.4 is 4.90 Å². The summed E-state index contributed by atoms with van der Waals surface area (Å²) in [6, 6.07) is 2.20. The lowest BCUT2D eigenvalue weighted by Gasteiger charge is -2.38. The second kappa shape index (κ2) is 4.65. The highest BCUT2D eigenvalue weighted by Gasteiger charge is 2.27. The van der Waals surface area contributed by atoms with Crippen molar-refractivity contribution in [1.82, 2.24) is 14.8 Å². The van der Waals surface area contributed by atoms with Crippen LogP contribution in [0.5, 0.6) is 0 Å². The Labute approximate surface area is 117 Å². The van der Waals surface area contributed by atoms with E-state index in [0.717, 1.165) is 23.4 Å². The minimum absolute atomic E-state index is 0.191. The zero-order chi connectivity index (χ0) is 13.6. The number of halogens is 1. The van der Waals surface area contributed by atoms with Crippen LogP contribution in [0.15, 0.2) is 12.3 Å². The van der Waals surface area contributed by atoms with E-state index in [-0.39, 0.29) is 12.1 Å². The fraction of sp³-hybridized carbons (Fsp3) is 0.538. The van der Waals surface area contributed by atoms with Crippen LogP contribution in [0.3, 0.4) is 0 Å². The zero-order valence-corrected chi connectivity index (χ0v) is 12.1. The summed E-state index contributed by atoms with van der Waals surface area (Å²) in [7, 11) is 1.88. The van der Waals surface area contributed by atoms with Gasteiger partial charge in [-0.3, -0.25) is 4.68 Å². The molecule has 1 aliphatic heterocycles. The van der Waals surface area contributed by atoms with Crippen molar-refractivity contribution < 1.29 is 4.74 Å². The number of aryl methyl sites for hydroxylation is 1. The van der Waals surface area contributed by atoms with Crippen LogP contribution in [0.4, 0.5) is 5.82 Å². The molecule has 2 aromatic rings. The predicted molar refractivity (Wildman–Crippen MR) is 75.7 cm³/mol. The van der Waals surface area contributed by atoms with Gasteiger partial charge in [0.2, 0.25) is 0 Å². The number of aromatic nitrogens is 3. The molecule has 3 heterocycles. The molecule has 0 spiro atoms. The highest BCUT2D eigenvalue weighted by atomic mass is 35.5. The molecule has 0 saturated carbocycles. The lowest BCUT2D eigenvalue weighted by Crippen LogP contribution is -2.49. The highest BCUT2D eigenvalue weighted by molar-refractivity contribution is 6.35. The molecule has 0 amide bonds. The van der Waals surface area contributed by atoms with Crippen molar-refractivity contribution in [3.63, 3.8) is 0 Å². The SMILES string of the molecule is CC1OCCN(c2cc(Cl)c3cnn(C)c3n2)C1C. The molecule has 1 fully saturated rings. The van der Waals surface area contributed by atoms with E-state index >= 15 is 0 Å². The normalized spacial score (nSPS) is 24.1. The molecule has 5 nitrogen and oxygen atoms in total. The van der Waals surface area contributed by atoms with Gasteiger partial charge in [-0.25, -0.2) is 4.98 Å². The molecule has 0 bridgehead atoms. The topological polar surface area (TPSA) is 43.2 Å². The Morgan fingerprint density at radius 2 is 2.21 bits per heavy atom. The third-order valence-corrected chi connectivity index (χ3v) is 4.13. The summed E-state index contributed by atoms with van der Waals surface area (Å²) in [6.45, 7) is 5.78. The Balaban J connectivity index is 2.07. The molecule has 0 aliphatic carbocycles. The summed E-state index contributed by atoms with van der Waals surface area (Å²) in [6.07, 6.45) is 1.94. The molecule has 2 atom stereocenters. The van der Waals surface area contributed by atoms with Gasteiger partial charge in [0.05, 0.1) is 35.4 Å². The molecule has 19 heavy (non-hydrogen) atoms. The lowest BCUT2D eigenvalue weighted by atomic mass is 10.1. The molecular formula is C13H17ClN4O. The molecular weight excluding hydrogens is 264 g/mol. The van der Waals surface area contributed by atoms with E-state index in [0.29, 0.717) is 11.6 Å². The summed E-state index contributed by atoms with van der Waals surface area (Å²) in [4.78, 5) is 6.93. The first kappa shape index (κ1) is 12.7. The maximum absolute atomic E-state index is 6.33. The second-order valence-corrected chi connectivity index (χ2v) is 5.38. The molecule has 0 radical (unpaired) electrons. The Morgan fingerprint density at radius 1 is 1.42 bits per heavy atom. The maximum Gasteiger partial charge on any atom is 0.161 e. The minimum Gasteiger partial charge on any atom is -0.375 e. The average molecular weight is 281 g/mol. The first-order chi connectivity index (χ1) is 9.08. The number of nitrogens with zero attached hydrogens (tertiary/aromatic N) is 4. The van der Waals surface area contributed by atoms with Crippen LogP contribution in [0.1, 0.15) is 13.8 Å². The van der Waals surface area contributed by atoms with Gasteiger partial charge in [0.15, 0.2) is 5.65 Å². The van der Waals surface area contributed by atoms with E-state index in [1.54, 1.807) is 10.9 Å². The first-order valence-corrected chi connectivity index (χ1v) is 6.82. The maximum atomic E-state index is 6.33. The van der Waals surface area contributed by atoms with E-state index < -0.39 is 0 Å². The molecule has 1 aliphatic rings. The first-order valence-electron chi connectivity index (χ1n) is 6.44. The summed E-state index contributed by atoms with van der Waals surface area (Å²) in [5.41, 5.74) is 0.814. The molecule has 0 N–H and O–H groups in total. The standard InChI is InChI=1S/C13H17ClN4O/c1-8-9(2)19-5-4-18(8)12-6-11(14)10-7-15-17(3)13(10)16-12/h6-9H,4-5H2,1-3H3. The Kier molecular flexibility index (Phi) is 3.11. The Morgan fingerprint density at radius 3 is 3.00 bits per heavy atom. The van der Waals surface area contributed by atoms with E-state index in [1.807, 2.05) is 13.1 Å². The molecule has 1 saturated heterocycles. The summed E-state index contributed by atoms with van der Waals surface area (Å²) in [5.74, 6) is 0.892. The van der Waals surface area contributed by atoms with Crippen molar-refractivity contribution in [2.75, 3.05) is 18.1 Å². The number of hydrogen-bond acceptors (Lipinski definition) is 4. The third-order valence-electron chi connectivity index (χ3n) is 3.82. The summed E-state index contributed by atoms with van der Waals surface area (Å²) in [5, 5.41) is 5.79. The zero-order valence-electron chi connectivity index (χ0n) is 11.3. The fourth-order valence-electron chi connectivity index (χ4n) is 2.47. The van der Waals surface area contributed by atoms with Crippen molar-refractivity contribution in [2.24, 2.45) is 7.05 Å². The molecule has 3 rings (SSSR count). The van der Waals surface area contributed by atoms with Gasteiger partial charge in [-0.1, -0.05) is 11.6 Å². The number of fused-ring (bicyclic) bond motifs is 1. The van der Waals surface area contributed by atoms with Gasteiger partial charge < -0.3 is 9.64 Å². The van der Waals surface area contributed by atoms with Gasteiger partial charge in [0.1, 0.15) is 5.82 Å². The molecule has 102 valence electrons. The molecule has 0 aromatic carbocycles. The average Bonchev–Trinajstić information content (AvgIpc) is 2.75. The van der Waals surface area contributed by atoms with Crippen molar-refractivity contribution in [3.05, 3.63) is 17.3 Å². The largest absolute Gasteiger partial charge is 0.375 e. The Bertz CT molecular complexity index is 612. The molecule has 2 unspecified atom stereocenters. The Hall–Kier alpha value is -1.33. The van der Waals surface area contributed by atoms with Gasteiger partial charge in [-0.05, 0) is 13.8 Å². The van der Waals surface area contributed by atoms with Gasteiger partial charge in [0, 0.05) is 19.7 Å². The smallest absolute Gasteiger partial charge is 0.161 e. The fourth-order valence-corrected chi connectivity index (χ4v) is 2.70. The van der Waals surface area contributed by atoms with E-state index in [4.69, 9.17) is 21.3 Å². The van der Waals surface area contributed by atoms with Crippen LogP contribution in [-0.2, 0) is 11.8 Å². The van der Waals surface area contributed by atoms with Crippen LogP contribution >= 0.6 is 11.6 Å². The van der Waals surface area contributed by atoms with Crippen LogP contribution in [0, 0.1) is 0 Å². The summed E-state index contributed by atoms with van der Waals surface area (Å²) >= 11 is 6.33. The van der Waals surface area contributed by atoms with E-state index in [9.17, 15) is 0 Å². The summed E-state index contributed by atoms with van der Waals surface area (Å²) < 4.78 is 7.40. The quantitative estimate of drug-likeness (QED) is 0.803. The number of hydrogen-bond donors (Lipinski definition) is 0. The van der Waals surface area contributed by atoms with Gasteiger partial charge in [-0.2, -0.15) is 5.10 Å². The lowest BCUT2D eigenvalue weighted by molar-refractivity contribution is 0.0281. The number of anilines is 1. The second-order valence-electron chi connectivity index (χ2n) is 4.98. The van der Waals surface area contributed by atoms with Crippen LogP contribution in [0.25, 0.3) is 11.0 Å². The molecule has 2 aromatic heterocycles. The minimum atomic E-state index is 0.191. The number of morpholine rings is 1. The van der Waals surface area contributed by atoms with Gasteiger partial charge in [-0.15, -0.1) is 0 Å².